The van der Waals surface area contributed by atoms with Crippen LogP contribution < -0.4 is 0 Å². The van der Waals surface area contributed by atoms with Crippen LogP contribution >= 0.6 is 0 Å². The van der Waals surface area contributed by atoms with E-state index in [2.05, 4.69) is 218 Å². The van der Waals surface area contributed by atoms with Crippen LogP contribution in [0.5, 0.6) is 0 Å². The number of hydrogen-bond acceptors (Lipinski definition) is 0. The third kappa shape index (κ3) is 5.38. The standard InChI is InChI=1S/C56H36/c1-2-14-37(15-3-1)44-34-45(40-30-31-50-42(32-40)29-28-39-17-5-7-22-48(39)50)36-46(35-44)56-53-25-10-8-23-51(53)55(52-24-9-11-26-54(52)56)43-20-12-19-41(33-43)49-27-13-18-38-16-4-6-21-47(38)49/h1-36H. The molecular formula is C56H36. The summed E-state index contributed by atoms with van der Waals surface area (Å²) in [6.45, 7) is 0. The van der Waals surface area contributed by atoms with Gasteiger partial charge >= 0.3 is 0 Å². The Kier molecular flexibility index (Phi) is 7.60. The molecule has 260 valence electrons. The molecule has 0 N–H and O–H groups in total. The molecule has 11 aromatic rings. The summed E-state index contributed by atoms with van der Waals surface area (Å²) >= 11 is 0. The van der Waals surface area contributed by atoms with Crippen molar-refractivity contribution in [3.05, 3.63) is 218 Å². The molecule has 0 unspecified atom stereocenters. The van der Waals surface area contributed by atoms with E-state index in [0.29, 0.717) is 0 Å². The SMILES string of the molecule is c1ccc(-c2cc(-c3ccc4c(ccc5ccccc54)c3)cc(-c3c4ccccc4c(-c4cccc(-c5cccc6ccccc56)c4)c4ccccc34)c2)cc1. The summed E-state index contributed by atoms with van der Waals surface area (Å²) in [6.07, 6.45) is 0. The molecule has 0 heteroatoms. The molecule has 0 fully saturated rings. The maximum Gasteiger partial charge on any atom is -0.00259 e. The monoisotopic (exact) mass is 708 g/mol. The summed E-state index contributed by atoms with van der Waals surface area (Å²) in [5, 5.41) is 12.6. The van der Waals surface area contributed by atoms with Gasteiger partial charge in [-0.1, -0.05) is 188 Å². The number of fused-ring (bicyclic) bond motifs is 6. The highest BCUT2D eigenvalue weighted by atomic mass is 14.2. The molecule has 0 atom stereocenters. The first-order chi connectivity index (χ1) is 27.8. The van der Waals surface area contributed by atoms with Crippen molar-refractivity contribution < 1.29 is 0 Å². The largest absolute Gasteiger partial charge is 0.0622 e. The van der Waals surface area contributed by atoms with E-state index < -0.39 is 0 Å². The molecule has 56 heavy (non-hydrogen) atoms. The summed E-state index contributed by atoms with van der Waals surface area (Å²) in [5.74, 6) is 0. The Morgan fingerprint density at radius 3 is 1.34 bits per heavy atom. The van der Waals surface area contributed by atoms with Gasteiger partial charge in [-0.05, 0) is 140 Å². The van der Waals surface area contributed by atoms with Crippen molar-refractivity contribution in [2.24, 2.45) is 0 Å². The molecule has 0 heterocycles. The minimum absolute atomic E-state index is 1.21. The second kappa shape index (κ2) is 13.2. The lowest BCUT2D eigenvalue weighted by Gasteiger charge is -2.20. The lowest BCUT2D eigenvalue weighted by atomic mass is 9.84. The molecule has 0 saturated heterocycles. The van der Waals surface area contributed by atoms with Gasteiger partial charge in [0, 0.05) is 0 Å². The lowest BCUT2D eigenvalue weighted by Crippen LogP contribution is -1.93. The minimum Gasteiger partial charge on any atom is -0.0622 e. The molecule has 0 spiro atoms. The van der Waals surface area contributed by atoms with E-state index in [9.17, 15) is 0 Å². The fourth-order valence-corrected chi connectivity index (χ4v) is 9.00. The molecule has 11 rings (SSSR count). The van der Waals surface area contributed by atoms with E-state index >= 15 is 0 Å². The Morgan fingerprint density at radius 2 is 0.625 bits per heavy atom. The summed E-state index contributed by atoms with van der Waals surface area (Å²) < 4.78 is 0. The van der Waals surface area contributed by atoms with Gasteiger partial charge in [-0.3, -0.25) is 0 Å². The number of benzene rings is 11. The summed E-state index contributed by atoms with van der Waals surface area (Å²) in [5.41, 5.74) is 12.3. The van der Waals surface area contributed by atoms with E-state index in [1.165, 1.54) is 109 Å². The van der Waals surface area contributed by atoms with Crippen LogP contribution in [0, 0.1) is 0 Å². The van der Waals surface area contributed by atoms with Crippen LogP contribution in [-0.2, 0) is 0 Å². The van der Waals surface area contributed by atoms with Crippen LogP contribution in [0.4, 0.5) is 0 Å². The van der Waals surface area contributed by atoms with Crippen molar-refractivity contribution in [3.63, 3.8) is 0 Å². The highest BCUT2D eigenvalue weighted by Gasteiger charge is 2.19. The van der Waals surface area contributed by atoms with Crippen molar-refractivity contribution in [2.75, 3.05) is 0 Å². The molecule has 0 bridgehead atoms. The van der Waals surface area contributed by atoms with Gasteiger partial charge in [-0.25, -0.2) is 0 Å². The highest BCUT2D eigenvalue weighted by Crippen LogP contribution is 2.46. The van der Waals surface area contributed by atoms with Crippen LogP contribution in [-0.4, -0.2) is 0 Å². The van der Waals surface area contributed by atoms with Gasteiger partial charge in [0.25, 0.3) is 0 Å². The zero-order chi connectivity index (χ0) is 37.0. The quantitative estimate of drug-likeness (QED) is 0.123. The average molecular weight is 709 g/mol. The lowest BCUT2D eigenvalue weighted by molar-refractivity contribution is 1.59. The van der Waals surface area contributed by atoms with Gasteiger partial charge in [0.1, 0.15) is 0 Å². The first kappa shape index (κ1) is 32.2. The third-order valence-corrected chi connectivity index (χ3v) is 11.6. The van der Waals surface area contributed by atoms with Crippen molar-refractivity contribution in [2.45, 2.75) is 0 Å². The van der Waals surface area contributed by atoms with Crippen molar-refractivity contribution in [1.82, 2.24) is 0 Å². The van der Waals surface area contributed by atoms with Crippen molar-refractivity contribution in [1.29, 1.82) is 0 Å². The second-order valence-corrected chi connectivity index (χ2v) is 14.8. The van der Waals surface area contributed by atoms with Crippen LogP contribution in [0.3, 0.4) is 0 Å². The van der Waals surface area contributed by atoms with Gasteiger partial charge in [0.05, 0.1) is 0 Å². The van der Waals surface area contributed by atoms with Crippen LogP contribution in [0.1, 0.15) is 0 Å². The van der Waals surface area contributed by atoms with Crippen LogP contribution in [0.25, 0.3) is 109 Å². The Labute approximate surface area is 326 Å². The Bertz CT molecular complexity index is 3230. The minimum atomic E-state index is 1.21. The number of hydrogen-bond donors (Lipinski definition) is 0. The molecular weight excluding hydrogens is 673 g/mol. The fraction of sp³-hybridized carbons (Fsp3) is 0. The first-order valence-electron chi connectivity index (χ1n) is 19.4. The maximum atomic E-state index is 2.41. The Balaban J connectivity index is 1.15. The Morgan fingerprint density at radius 1 is 0.179 bits per heavy atom. The normalized spacial score (nSPS) is 11.6. The summed E-state index contributed by atoms with van der Waals surface area (Å²) in [4.78, 5) is 0. The van der Waals surface area contributed by atoms with Crippen LogP contribution in [0.15, 0.2) is 218 Å². The molecule has 0 amide bonds. The molecule has 0 aliphatic carbocycles. The summed E-state index contributed by atoms with van der Waals surface area (Å²) in [6, 6.07) is 80.5. The summed E-state index contributed by atoms with van der Waals surface area (Å²) in [7, 11) is 0. The molecule has 0 nitrogen and oxygen atoms in total. The van der Waals surface area contributed by atoms with Crippen molar-refractivity contribution >= 4 is 53.9 Å². The first-order valence-corrected chi connectivity index (χ1v) is 19.4. The van der Waals surface area contributed by atoms with E-state index in [1.54, 1.807) is 0 Å². The van der Waals surface area contributed by atoms with Crippen LogP contribution in [0.2, 0.25) is 0 Å². The Hall–Kier alpha value is -7.28. The topological polar surface area (TPSA) is 0 Å². The van der Waals surface area contributed by atoms with Gasteiger partial charge in [0.15, 0.2) is 0 Å². The average Bonchev–Trinajstić information content (AvgIpc) is 3.28. The zero-order valence-corrected chi connectivity index (χ0v) is 30.8. The second-order valence-electron chi connectivity index (χ2n) is 14.8. The molecule has 0 aliphatic heterocycles. The third-order valence-electron chi connectivity index (χ3n) is 11.6. The predicted octanol–water partition coefficient (Wildman–Crippen LogP) is 15.8. The molecule has 0 aliphatic rings. The van der Waals surface area contributed by atoms with E-state index in [0.717, 1.165) is 0 Å². The van der Waals surface area contributed by atoms with Gasteiger partial charge in [-0.2, -0.15) is 0 Å². The maximum absolute atomic E-state index is 2.41. The van der Waals surface area contributed by atoms with Crippen molar-refractivity contribution in [3.8, 4) is 55.6 Å². The highest BCUT2D eigenvalue weighted by molar-refractivity contribution is 6.22. The molecule has 0 aromatic heterocycles. The molecule has 0 saturated carbocycles. The van der Waals surface area contributed by atoms with E-state index in [4.69, 9.17) is 0 Å². The fourth-order valence-electron chi connectivity index (χ4n) is 9.00. The van der Waals surface area contributed by atoms with Gasteiger partial charge in [-0.15, -0.1) is 0 Å². The van der Waals surface area contributed by atoms with E-state index in [-0.39, 0.29) is 0 Å². The van der Waals surface area contributed by atoms with E-state index in [1.807, 2.05) is 0 Å². The number of rotatable bonds is 5. The van der Waals surface area contributed by atoms with Gasteiger partial charge in [0.2, 0.25) is 0 Å². The van der Waals surface area contributed by atoms with Gasteiger partial charge < -0.3 is 0 Å². The molecule has 11 aromatic carbocycles. The zero-order valence-electron chi connectivity index (χ0n) is 30.8. The molecule has 0 radical (unpaired) electrons. The smallest absolute Gasteiger partial charge is 0.00259 e. The predicted molar refractivity (Wildman–Crippen MR) is 241 cm³/mol.